The molecule has 0 atom stereocenters. The van der Waals surface area contributed by atoms with Crippen molar-refractivity contribution in [2.24, 2.45) is 5.92 Å². The van der Waals surface area contributed by atoms with Crippen LogP contribution in [0.2, 0.25) is 0 Å². The average molecular weight is 407 g/mol. The molecule has 9 heteroatoms. The molecule has 0 spiro atoms. The van der Waals surface area contributed by atoms with E-state index < -0.39 is 17.8 Å². The maximum absolute atomic E-state index is 12.1. The highest BCUT2D eigenvalue weighted by Gasteiger charge is 2.20. The summed E-state index contributed by atoms with van der Waals surface area (Å²) in [5, 5.41) is 7.13. The van der Waals surface area contributed by atoms with Crippen molar-refractivity contribution in [1.29, 1.82) is 0 Å². The van der Waals surface area contributed by atoms with E-state index in [1.54, 1.807) is 5.38 Å². The van der Waals surface area contributed by atoms with Gasteiger partial charge in [-0.1, -0.05) is 20.1 Å². The van der Waals surface area contributed by atoms with E-state index in [1.807, 2.05) is 6.92 Å². The third kappa shape index (κ3) is 6.58. The first-order chi connectivity index (χ1) is 13.4. The first kappa shape index (κ1) is 21.8. The van der Waals surface area contributed by atoms with E-state index in [1.165, 1.54) is 11.3 Å². The maximum Gasteiger partial charge on any atom is 0.354 e. The van der Waals surface area contributed by atoms with Gasteiger partial charge >= 0.3 is 5.97 Å². The highest BCUT2D eigenvalue weighted by molar-refractivity contribution is 7.09. The van der Waals surface area contributed by atoms with Gasteiger partial charge in [0.2, 0.25) is 0 Å². The summed E-state index contributed by atoms with van der Waals surface area (Å²) in [6.45, 7) is 10.6. The van der Waals surface area contributed by atoms with Crippen molar-refractivity contribution >= 4 is 29.1 Å². The van der Waals surface area contributed by atoms with Crippen LogP contribution in [0.25, 0.3) is 0 Å². The number of thiazole rings is 1. The van der Waals surface area contributed by atoms with Crippen LogP contribution in [0.15, 0.2) is 29.9 Å². The molecule has 2 heterocycles. The highest BCUT2D eigenvalue weighted by atomic mass is 32.1. The normalized spacial score (nSPS) is 14.2. The van der Waals surface area contributed by atoms with Crippen LogP contribution < -0.4 is 10.6 Å². The highest BCUT2D eigenvalue weighted by Crippen LogP contribution is 2.15. The van der Waals surface area contributed by atoms with Gasteiger partial charge in [0.25, 0.3) is 11.8 Å². The fraction of sp³-hybridized carbons (Fsp3) is 0.474. The lowest BCUT2D eigenvalue weighted by atomic mass is 10.0. The zero-order valence-corrected chi connectivity index (χ0v) is 16.7. The van der Waals surface area contributed by atoms with Crippen LogP contribution in [0, 0.1) is 5.92 Å². The smallest absolute Gasteiger partial charge is 0.354 e. The third-order valence-electron chi connectivity index (χ3n) is 4.09. The number of carbonyl (C=O) groups excluding carboxylic acids is 3. The van der Waals surface area contributed by atoms with Gasteiger partial charge in [0.15, 0.2) is 0 Å². The Morgan fingerprint density at radius 1 is 1.25 bits per heavy atom. The lowest BCUT2D eigenvalue weighted by molar-refractivity contribution is -0.142. The van der Waals surface area contributed by atoms with E-state index in [-0.39, 0.29) is 29.6 Å². The lowest BCUT2D eigenvalue weighted by Crippen LogP contribution is -2.36. The van der Waals surface area contributed by atoms with Gasteiger partial charge in [-0.3, -0.25) is 9.59 Å². The van der Waals surface area contributed by atoms with Crippen LogP contribution in [-0.2, 0) is 25.5 Å². The first-order valence-corrected chi connectivity index (χ1v) is 9.98. The molecule has 1 aromatic heterocycles. The van der Waals surface area contributed by atoms with E-state index in [2.05, 4.69) is 28.8 Å². The molecule has 0 radical (unpaired) electrons. The van der Waals surface area contributed by atoms with Crippen molar-refractivity contribution in [3.8, 4) is 0 Å². The van der Waals surface area contributed by atoms with E-state index in [0.29, 0.717) is 13.2 Å². The Balaban J connectivity index is 1.76. The summed E-state index contributed by atoms with van der Waals surface area (Å²) in [7, 11) is 0. The minimum absolute atomic E-state index is 0.214. The predicted molar refractivity (Wildman–Crippen MR) is 104 cm³/mol. The Bertz CT molecular complexity index is 753. The van der Waals surface area contributed by atoms with Gasteiger partial charge in [-0.2, -0.15) is 0 Å². The number of aryl methyl sites for hydroxylation is 1. The number of hydrogen-bond acceptors (Lipinski definition) is 7. The number of hydrogen-bond donors (Lipinski definition) is 2. The molecule has 0 unspecified atom stereocenters. The maximum atomic E-state index is 12.1. The molecule has 2 N–H and O–H groups in total. The number of nitrogens with zero attached hydrogens (tertiary/aromatic N) is 1. The van der Waals surface area contributed by atoms with Crippen LogP contribution in [0.5, 0.6) is 0 Å². The van der Waals surface area contributed by atoms with Gasteiger partial charge in [0, 0.05) is 18.6 Å². The van der Waals surface area contributed by atoms with Crippen molar-refractivity contribution in [3.63, 3.8) is 0 Å². The molecule has 2 amide bonds. The average Bonchev–Trinajstić information content (AvgIpc) is 3.15. The van der Waals surface area contributed by atoms with Crippen molar-refractivity contribution < 1.29 is 23.9 Å². The van der Waals surface area contributed by atoms with Crippen molar-refractivity contribution in [3.05, 3.63) is 40.6 Å². The SMILES string of the molecule is C=C(NC(=O)c1csc(CCC)n1)C(=O)NC(=C)C(=O)OCC1CCOCC1. The number of aromatic nitrogens is 1. The van der Waals surface area contributed by atoms with Crippen LogP contribution in [0.4, 0.5) is 0 Å². The summed E-state index contributed by atoms with van der Waals surface area (Å²) in [5.41, 5.74) is -0.211. The number of amides is 2. The zero-order chi connectivity index (χ0) is 20.5. The summed E-state index contributed by atoms with van der Waals surface area (Å²) in [6.07, 6.45) is 3.36. The summed E-state index contributed by atoms with van der Waals surface area (Å²) >= 11 is 1.38. The number of ether oxygens (including phenoxy) is 2. The standard InChI is InChI=1S/C19H25N3O5S/c1-4-5-16-22-15(11-28-16)18(24)20-12(2)17(23)21-13(3)19(25)27-10-14-6-8-26-9-7-14/h11,14H,2-10H2,1H3,(H,20,24)(H,21,23). The molecule has 0 aliphatic carbocycles. The second-order valence-corrected chi connectivity index (χ2v) is 7.34. The molecule has 0 aromatic carbocycles. The monoisotopic (exact) mass is 407 g/mol. The molecule has 1 aromatic rings. The number of esters is 1. The second-order valence-electron chi connectivity index (χ2n) is 6.40. The predicted octanol–water partition coefficient (Wildman–Crippen LogP) is 1.94. The molecule has 1 aliphatic heterocycles. The molecule has 0 saturated carbocycles. The molecular weight excluding hydrogens is 382 g/mol. The topological polar surface area (TPSA) is 107 Å². The number of nitrogens with one attached hydrogen (secondary N) is 2. The minimum atomic E-state index is -0.745. The Labute approximate surface area is 168 Å². The van der Waals surface area contributed by atoms with E-state index >= 15 is 0 Å². The molecule has 152 valence electrons. The Morgan fingerprint density at radius 3 is 2.64 bits per heavy atom. The van der Waals surface area contributed by atoms with Crippen molar-refractivity contribution in [1.82, 2.24) is 15.6 Å². The Morgan fingerprint density at radius 2 is 1.96 bits per heavy atom. The molecular formula is C19H25N3O5S. The van der Waals surface area contributed by atoms with Crippen LogP contribution in [0.3, 0.4) is 0 Å². The fourth-order valence-electron chi connectivity index (χ4n) is 2.46. The Hall–Kier alpha value is -2.52. The number of carbonyl (C=O) groups is 3. The van der Waals surface area contributed by atoms with Crippen LogP contribution in [0.1, 0.15) is 41.7 Å². The molecule has 8 nitrogen and oxygen atoms in total. The van der Waals surface area contributed by atoms with Gasteiger partial charge in [-0.15, -0.1) is 11.3 Å². The van der Waals surface area contributed by atoms with Gasteiger partial charge < -0.3 is 20.1 Å². The quantitative estimate of drug-likeness (QED) is 0.479. The molecule has 28 heavy (non-hydrogen) atoms. The summed E-state index contributed by atoms with van der Waals surface area (Å²) in [5.74, 6) is -1.76. The zero-order valence-electron chi connectivity index (χ0n) is 15.9. The van der Waals surface area contributed by atoms with E-state index in [4.69, 9.17) is 9.47 Å². The number of rotatable bonds is 9. The summed E-state index contributed by atoms with van der Waals surface area (Å²) in [6, 6.07) is 0. The van der Waals surface area contributed by atoms with Crippen molar-refractivity contribution in [2.75, 3.05) is 19.8 Å². The molecule has 2 rings (SSSR count). The minimum Gasteiger partial charge on any atom is -0.461 e. The largest absolute Gasteiger partial charge is 0.461 e. The van der Waals surface area contributed by atoms with Crippen LogP contribution >= 0.6 is 11.3 Å². The van der Waals surface area contributed by atoms with Crippen molar-refractivity contribution in [2.45, 2.75) is 32.6 Å². The van der Waals surface area contributed by atoms with E-state index in [9.17, 15) is 14.4 Å². The third-order valence-corrected chi connectivity index (χ3v) is 5.00. The van der Waals surface area contributed by atoms with Crippen LogP contribution in [-0.4, -0.2) is 42.6 Å². The molecule has 1 saturated heterocycles. The van der Waals surface area contributed by atoms with Gasteiger partial charge in [-0.25, -0.2) is 9.78 Å². The molecule has 1 aliphatic rings. The Kier molecular flexibility index (Phi) is 8.34. The van der Waals surface area contributed by atoms with Gasteiger partial charge in [-0.05, 0) is 31.6 Å². The summed E-state index contributed by atoms with van der Waals surface area (Å²) in [4.78, 5) is 40.4. The summed E-state index contributed by atoms with van der Waals surface area (Å²) < 4.78 is 10.4. The fourth-order valence-corrected chi connectivity index (χ4v) is 3.34. The molecule has 0 bridgehead atoms. The lowest BCUT2D eigenvalue weighted by Gasteiger charge is -2.21. The van der Waals surface area contributed by atoms with Gasteiger partial charge in [0.1, 0.15) is 11.4 Å². The second kappa shape index (κ2) is 10.7. The first-order valence-electron chi connectivity index (χ1n) is 9.10. The molecule has 1 fully saturated rings. The van der Waals surface area contributed by atoms with E-state index in [0.717, 1.165) is 30.7 Å². The van der Waals surface area contributed by atoms with Gasteiger partial charge in [0.05, 0.1) is 17.3 Å².